The fraction of sp³-hybridized carbons (Fsp3) is 0.0588. The van der Waals surface area contributed by atoms with E-state index >= 15 is 0 Å². The lowest BCUT2D eigenvalue weighted by atomic mass is 10.2. The van der Waals surface area contributed by atoms with Gasteiger partial charge in [-0.05, 0) is 55.0 Å². The van der Waals surface area contributed by atoms with Gasteiger partial charge in [-0.15, -0.1) is 0 Å². The van der Waals surface area contributed by atoms with Crippen molar-refractivity contribution >= 4 is 44.5 Å². The van der Waals surface area contributed by atoms with Crippen LogP contribution in [0.4, 0.5) is 0 Å². The summed E-state index contributed by atoms with van der Waals surface area (Å²) in [6.07, 6.45) is 0. The summed E-state index contributed by atoms with van der Waals surface area (Å²) < 4.78 is 11.2. The molecule has 0 radical (unpaired) electrons. The molecule has 0 saturated carbocycles. The standard InChI is InChI=1S/C17H10BrClO4/c1-9-6-12(3-4-14(9)19)22-16(20)13-8-10-7-11(18)2-5-15(10)23-17(13)21/h2-8H,1H3. The Kier molecular flexibility index (Phi) is 4.24. The Hall–Kier alpha value is -2.11. The van der Waals surface area contributed by atoms with Gasteiger partial charge in [0.25, 0.3) is 0 Å². The average Bonchev–Trinajstić information content (AvgIpc) is 2.50. The Morgan fingerprint density at radius 2 is 1.96 bits per heavy atom. The number of halogens is 2. The van der Waals surface area contributed by atoms with Gasteiger partial charge in [0.2, 0.25) is 0 Å². The second-order valence-corrected chi connectivity index (χ2v) is 6.25. The minimum atomic E-state index is -0.776. The minimum absolute atomic E-state index is 0.164. The van der Waals surface area contributed by atoms with Crippen molar-refractivity contribution in [3.05, 3.63) is 73.5 Å². The second kappa shape index (κ2) is 6.18. The maximum Gasteiger partial charge on any atom is 0.351 e. The summed E-state index contributed by atoms with van der Waals surface area (Å²) in [5, 5.41) is 1.19. The molecule has 1 heterocycles. The lowest BCUT2D eigenvalue weighted by molar-refractivity contribution is 0.0730. The number of aryl methyl sites for hydroxylation is 1. The molecule has 0 unspecified atom stereocenters. The molecule has 6 heteroatoms. The normalized spacial score (nSPS) is 10.7. The molecule has 4 nitrogen and oxygen atoms in total. The molecular weight excluding hydrogens is 384 g/mol. The number of benzene rings is 2. The Bertz CT molecular complexity index is 978. The van der Waals surface area contributed by atoms with Crippen LogP contribution in [-0.2, 0) is 0 Å². The summed E-state index contributed by atoms with van der Waals surface area (Å²) in [6, 6.07) is 11.4. The molecule has 0 aliphatic rings. The highest BCUT2D eigenvalue weighted by molar-refractivity contribution is 9.10. The van der Waals surface area contributed by atoms with Gasteiger partial charge in [0.15, 0.2) is 0 Å². The Labute approximate surface area is 144 Å². The van der Waals surface area contributed by atoms with Crippen molar-refractivity contribution in [2.24, 2.45) is 0 Å². The number of carbonyl (C=O) groups is 1. The van der Waals surface area contributed by atoms with E-state index in [-0.39, 0.29) is 5.56 Å². The number of hydrogen-bond donors (Lipinski definition) is 0. The summed E-state index contributed by atoms with van der Waals surface area (Å²) in [6.45, 7) is 1.79. The van der Waals surface area contributed by atoms with Crippen LogP contribution in [0.3, 0.4) is 0 Å². The van der Waals surface area contributed by atoms with Gasteiger partial charge in [-0.2, -0.15) is 0 Å². The van der Waals surface area contributed by atoms with E-state index in [1.807, 2.05) is 0 Å². The van der Waals surface area contributed by atoms with Gasteiger partial charge in [0.1, 0.15) is 16.9 Å². The molecule has 0 fully saturated rings. The van der Waals surface area contributed by atoms with Gasteiger partial charge in [-0.1, -0.05) is 27.5 Å². The first-order valence-corrected chi connectivity index (χ1v) is 7.83. The first-order valence-electron chi connectivity index (χ1n) is 6.66. The zero-order valence-corrected chi connectivity index (χ0v) is 14.3. The summed E-state index contributed by atoms with van der Waals surface area (Å²) >= 11 is 9.26. The van der Waals surface area contributed by atoms with Crippen LogP contribution in [0.2, 0.25) is 5.02 Å². The van der Waals surface area contributed by atoms with Gasteiger partial charge < -0.3 is 9.15 Å². The largest absolute Gasteiger partial charge is 0.423 e. The van der Waals surface area contributed by atoms with E-state index in [1.54, 1.807) is 43.3 Å². The first-order chi connectivity index (χ1) is 10.9. The van der Waals surface area contributed by atoms with E-state index < -0.39 is 11.6 Å². The molecule has 0 amide bonds. The summed E-state index contributed by atoms with van der Waals surface area (Å²) in [5.74, 6) is -0.465. The average molecular weight is 394 g/mol. The molecular formula is C17H10BrClO4. The number of ether oxygens (including phenoxy) is 1. The first kappa shape index (κ1) is 15.8. The lowest BCUT2D eigenvalue weighted by Gasteiger charge is -2.06. The van der Waals surface area contributed by atoms with Crippen molar-refractivity contribution in [2.75, 3.05) is 0 Å². The van der Waals surface area contributed by atoms with Crippen LogP contribution in [0.1, 0.15) is 15.9 Å². The third kappa shape index (κ3) is 3.30. The predicted molar refractivity (Wildman–Crippen MR) is 91.3 cm³/mol. The summed E-state index contributed by atoms with van der Waals surface area (Å²) in [5.41, 5.74) is 0.266. The molecule has 3 rings (SSSR count). The fourth-order valence-electron chi connectivity index (χ4n) is 2.08. The van der Waals surface area contributed by atoms with Crippen LogP contribution in [0.5, 0.6) is 5.75 Å². The smallest absolute Gasteiger partial charge is 0.351 e. The van der Waals surface area contributed by atoms with E-state index in [1.165, 1.54) is 6.07 Å². The number of fused-ring (bicyclic) bond motifs is 1. The molecule has 0 aliphatic heterocycles. The van der Waals surface area contributed by atoms with Gasteiger partial charge in [-0.3, -0.25) is 0 Å². The van der Waals surface area contributed by atoms with Crippen molar-refractivity contribution in [3.8, 4) is 5.75 Å². The van der Waals surface area contributed by atoms with Crippen LogP contribution in [0, 0.1) is 6.92 Å². The molecule has 0 aliphatic carbocycles. The van der Waals surface area contributed by atoms with Gasteiger partial charge in [0, 0.05) is 14.9 Å². The van der Waals surface area contributed by atoms with Crippen molar-refractivity contribution in [2.45, 2.75) is 6.92 Å². The van der Waals surface area contributed by atoms with Crippen LogP contribution in [0.15, 0.2) is 56.1 Å². The number of esters is 1. The van der Waals surface area contributed by atoms with E-state index in [9.17, 15) is 9.59 Å². The van der Waals surface area contributed by atoms with Gasteiger partial charge in [-0.25, -0.2) is 9.59 Å². The molecule has 0 N–H and O–H groups in total. The molecule has 1 aromatic heterocycles. The van der Waals surface area contributed by atoms with E-state index in [0.717, 1.165) is 10.0 Å². The summed E-state index contributed by atoms with van der Waals surface area (Å²) in [7, 11) is 0. The van der Waals surface area contributed by atoms with Crippen molar-refractivity contribution in [1.29, 1.82) is 0 Å². The zero-order chi connectivity index (χ0) is 16.6. The highest BCUT2D eigenvalue weighted by Gasteiger charge is 2.16. The van der Waals surface area contributed by atoms with Gasteiger partial charge >= 0.3 is 11.6 Å². The quantitative estimate of drug-likeness (QED) is 0.358. The van der Waals surface area contributed by atoms with Crippen molar-refractivity contribution in [3.63, 3.8) is 0 Å². The van der Waals surface area contributed by atoms with E-state index in [2.05, 4.69) is 15.9 Å². The van der Waals surface area contributed by atoms with Crippen LogP contribution in [-0.4, -0.2) is 5.97 Å². The molecule has 0 saturated heterocycles. The highest BCUT2D eigenvalue weighted by atomic mass is 79.9. The predicted octanol–water partition coefficient (Wildman–Crippen LogP) is 4.74. The maximum absolute atomic E-state index is 12.2. The molecule has 116 valence electrons. The zero-order valence-electron chi connectivity index (χ0n) is 11.9. The monoisotopic (exact) mass is 392 g/mol. The molecule has 0 atom stereocenters. The second-order valence-electron chi connectivity index (χ2n) is 4.93. The van der Waals surface area contributed by atoms with E-state index in [4.69, 9.17) is 20.8 Å². The van der Waals surface area contributed by atoms with E-state index in [0.29, 0.717) is 21.7 Å². The molecule has 3 aromatic rings. The molecule has 0 spiro atoms. The Morgan fingerprint density at radius 3 is 2.70 bits per heavy atom. The molecule has 23 heavy (non-hydrogen) atoms. The topological polar surface area (TPSA) is 56.5 Å². The SMILES string of the molecule is Cc1cc(OC(=O)c2cc3cc(Br)ccc3oc2=O)ccc1Cl. The van der Waals surface area contributed by atoms with Crippen LogP contribution in [0.25, 0.3) is 11.0 Å². The Balaban J connectivity index is 1.98. The molecule has 2 aromatic carbocycles. The Morgan fingerprint density at radius 1 is 1.17 bits per heavy atom. The number of hydrogen-bond acceptors (Lipinski definition) is 4. The third-order valence-electron chi connectivity index (χ3n) is 3.25. The molecule has 0 bridgehead atoms. The van der Waals surface area contributed by atoms with Crippen molar-refractivity contribution in [1.82, 2.24) is 0 Å². The van der Waals surface area contributed by atoms with Crippen LogP contribution < -0.4 is 10.4 Å². The van der Waals surface area contributed by atoms with Gasteiger partial charge in [0.05, 0.1) is 0 Å². The number of rotatable bonds is 2. The fourth-order valence-corrected chi connectivity index (χ4v) is 2.58. The maximum atomic E-state index is 12.2. The number of carbonyl (C=O) groups excluding carboxylic acids is 1. The third-order valence-corrected chi connectivity index (χ3v) is 4.17. The lowest BCUT2D eigenvalue weighted by Crippen LogP contribution is -2.18. The van der Waals surface area contributed by atoms with Crippen molar-refractivity contribution < 1.29 is 13.9 Å². The summed E-state index contributed by atoms with van der Waals surface area (Å²) in [4.78, 5) is 24.2. The minimum Gasteiger partial charge on any atom is -0.423 e. The highest BCUT2D eigenvalue weighted by Crippen LogP contribution is 2.23. The van der Waals surface area contributed by atoms with Crippen LogP contribution >= 0.6 is 27.5 Å².